The summed E-state index contributed by atoms with van der Waals surface area (Å²) in [6, 6.07) is 16.0. The lowest BCUT2D eigenvalue weighted by molar-refractivity contribution is 0.0518. The monoisotopic (exact) mass is 426 g/mol. The fourth-order valence-electron chi connectivity index (χ4n) is 4.14. The minimum Gasteiger partial charge on any atom is -0.497 e. The van der Waals surface area contributed by atoms with E-state index in [1.54, 1.807) is 14.0 Å². The first-order valence-corrected chi connectivity index (χ1v) is 10.5. The van der Waals surface area contributed by atoms with Crippen LogP contribution in [0, 0.1) is 0 Å². The van der Waals surface area contributed by atoms with Crippen molar-refractivity contribution in [2.24, 2.45) is 0 Å². The summed E-state index contributed by atoms with van der Waals surface area (Å²) in [5.74, 6) is 1.30. The van der Waals surface area contributed by atoms with Crippen molar-refractivity contribution < 1.29 is 14.3 Å². The van der Waals surface area contributed by atoms with E-state index in [1.807, 2.05) is 48.7 Å². The number of aromatic nitrogens is 4. The molecule has 0 spiro atoms. The number of hydrogen-bond donors (Lipinski definition) is 0. The van der Waals surface area contributed by atoms with Gasteiger partial charge in [-0.05, 0) is 30.7 Å². The van der Waals surface area contributed by atoms with E-state index in [4.69, 9.17) is 14.5 Å². The number of methoxy groups -OCH3 is 1. The van der Waals surface area contributed by atoms with Gasteiger partial charge in [0, 0.05) is 35.9 Å². The lowest BCUT2D eigenvalue weighted by Crippen LogP contribution is -2.12. The zero-order valence-electron chi connectivity index (χ0n) is 17.9. The van der Waals surface area contributed by atoms with Crippen LogP contribution in [0.3, 0.4) is 0 Å². The number of esters is 1. The van der Waals surface area contributed by atoms with E-state index in [-0.39, 0.29) is 6.61 Å². The molecule has 0 unspecified atom stereocenters. The Balaban J connectivity index is 1.64. The topological polar surface area (TPSA) is 79.1 Å². The molecule has 1 aliphatic heterocycles. The predicted molar refractivity (Wildman–Crippen MR) is 119 cm³/mol. The molecule has 32 heavy (non-hydrogen) atoms. The third-order valence-electron chi connectivity index (χ3n) is 5.60. The number of benzene rings is 2. The second-order valence-corrected chi connectivity index (χ2v) is 7.49. The van der Waals surface area contributed by atoms with Crippen molar-refractivity contribution >= 4 is 5.97 Å². The Morgan fingerprint density at radius 2 is 1.88 bits per heavy atom. The van der Waals surface area contributed by atoms with E-state index >= 15 is 0 Å². The van der Waals surface area contributed by atoms with Crippen LogP contribution in [0.25, 0.3) is 16.9 Å². The first-order chi connectivity index (χ1) is 15.7. The van der Waals surface area contributed by atoms with E-state index in [0.29, 0.717) is 18.5 Å². The van der Waals surface area contributed by atoms with Gasteiger partial charge in [0.05, 0.1) is 25.1 Å². The highest BCUT2D eigenvalue weighted by Crippen LogP contribution is 2.36. The fraction of sp³-hybridized carbons (Fsp3) is 0.200. The number of hydrogen-bond acceptors (Lipinski definition) is 6. The minimum absolute atomic E-state index is 0.290. The molecule has 5 rings (SSSR count). The summed E-state index contributed by atoms with van der Waals surface area (Å²) < 4.78 is 12.7. The van der Waals surface area contributed by atoms with Crippen molar-refractivity contribution in [3.63, 3.8) is 0 Å². The summed E-state index contributed by atoms with van der Waals surface area (Å²) in [6.07, 6.45) is 4.44. The maximum absolute atomic E-state index is 12.6. The lowest BCUT2D eigenvalue weighted by atomic mass is 10.0. The van der Waals surface area contributed by atoms with Gasteiger partial charge in [-0.3, -0.25) is 4.57 Å². The molecule has 0 saturated carbocycles. The molecule has 7 nitrogen and oxygen atoms in total. The van der Waals surface area contributed by atoms with Gasteiger partial charge in [-0.25, -0.2) is 19.7 Å². The highest BCUT2D eigenvalue weighted by Gasteiger charge is 2.27. The summed E-state index contributed by atoms with van der Waals surface area (Å²) in [5, 5.41) is 0. The Bertz CT molecular complexity index is 1300. The van der Waals surface area contributed by atoms with Gasteiger partial charge in [0.15, 0.2) is 5.69 Å². The molecule has 0 fully saturated rings. The standard InChI is InChI=1S/C25H22N4O3/c1-3-32-25(30)24-20-13-17-14-26-22(12-16-8-10-18(31-2)11-9-16)29(17)21-7-5-4-6-19(21)23(20)27-15-28-24/h4-11,14-15H,3,12-13H2,1-2H3. The van der Waals surface area contributed by atoms with Gasteiger partial charge in [-0.2, -0.15) is 0 Å². The van der Waals surface area contributed by atoms with E-state index in [2.05, 4.69) is 20.6 Å². The number of carbonyl (C=O) groups is 1. The van der Waals surface area contributed by atoms with E-state index in [0.717, 1.165) is 45.3 Å². The van der Waals surface area contributed by atoms with Gasteiger partial charge < -0.3 is 9.47 Å². The van der Waals surface area contributed by atoms with Crippen LogP contribution in [0.1, 0.15) is 40.1 Å². The smallest absolute Gasteiger partial charge is 0.357 e. The third-order valence-corrected chi connectivity index (χ3v) is 5.60. The van der Waals surface area contributed by atoms with Crippen LogP contribution in [0.15, 0.2) is 61.1 Å². The van der Waals surface area contributed by atoms with Crippen LogP contribution < -0.4 is 4.74 Å². The number of nitrogens with zero attached hydrogens (tertiary/aromatic N) is 4. The molecule has 2 aromatic heterocycles. The number of ether oxygens (including phenoxy) is 2. The van der Waals surface area contributed by atoms with Gasteiger partial charge in [0.2, 0.25) is 0 Å². The third kappa shape index (κ3) is 3.41. The van der Waals surface area contributed by atoms with E-state index in [1.165, 1.54) is 6.33 Å². The second kappa shape index (κ2) is 8.26. The highest BCUT2D eigenvalue weighted by molar-refractivity contribution is 5.92. The van der Waals surface area contributed by atoms with Crippen molar-refractivity contribution in [1.29, 1.82) is 0 Å². The molecule has 0 aliphatic carbocycles. The van der Waals surface area contributed by atoms with Crippen molar-refractivity contribution in [2.75, 3.05) is 13.7 Å². The molecule has 4 aromatic rings. The number of carbonyl (C=O) groups excluding carboxylic acids is 1. The summed E-state index contributed by atoms with van der Waals surface area (Å²) in [4.78, 5) is 26.2. The largest absolute Gasteiger partial charge is 0.497 e. The SMILES string of the molecule is CCOC(=O)c1ncnc2c1Cc1cnc(Cc3ccc(OC)cc3)n1-c1ccccc1-2. The number of rotatable bonds is 5. The molecule has 0 bridgehead atoms. The Morgan fingerprint density at radius 3 is 2.66 bits per heavy atom. The summed E-state index contributed by atoms with van der Waals surface area (Å²) in [6.45, 7) is 2.08. The average molecular weight is 426 g/mol. The van der Waals surface area contributed by atoms with Crippen LogP contribution >= 0.6 is 0 Å². The molecule has 2 aromatic carbocycles. The van der Waals surface area contributed by atoms with Crippen molar-refractivity contribution in [3.05, 3.63) is 89.4 Å². The summed E-state index contributed by atoms with van der Waals surface area (Å²) in [5.41, 5.74) is 5.83. The summed E-state index contributed by atoms with van der Waals surface area (Å²) in [7, 11) is 1.66. The van der Waals surface area contributed by atoms with Crippen LogP contribution in [-0.2, 0) is 17.6 Å². The fourth-order valence-corrected chi connectivity index (χ4v) is 4.14. The van der Waals surface area contributed by atoms with Gasteiger partial charge >= 0.3 is 5.97 Å². The first-order valence-electron chi connectivity index (χ1n) is 10.5. The average Bonchev–Trinajstić information content (AvgIpc) is 3.14. The number of fused-ring (bicyclic) bond motifs is 5. The summed E-state index contributed by atoms with van der Waals surface area (Å²) >= 11 is 0. The normalized spacial score (nSPS) is 11.7. The minimum atomic E-state index is -0.435. The number of imidazole rings is 1. The molecule has 7 heteroatoms. The maximum Gasteiger partial charge on any atom is 0.357 e. The van der Waals surface area contributed by atoms with Crippen LogP contribution in [-0.4, -0.2) is 39.2 Å². The molecule has 0 amide bonds. The molecule has 0 N–H and O–H groups in total. The van der Waals surface area contributed by atoms with Crippen molar-refractivity contribution in [3.8, 4) is 22.7 Å². The first kappa shape index (κ1) is 19.9. The molecule has 160 valence electrons. The molecule has 0 atom stereocenters. The van der Waals surface area contributed by atoms with Gasteiger partial charge in [0.1, 0.15) is 17.9 Å². The van der Waals surface area contributed by atoms with Crippen molar-refractivity contribution in [2.45, 2.75) is 19.8 Å². The molecule has 1 aliphatic rings. The Hall–Kier alpha value is -4.00. The Kier molecular flexibility index (Phi) is 5.15. The lowest BCUT2D eigenvalue weighted by Gasteiger charge is -2.13. The van der Waals surface area contributed by atoms with Gasteiger partial charge in [0.25, 0.3) is 0 Å². The Morgan fingerprint density at radius 1 is 1.06 bits per heavy atom. The molecular formula is C25H22N4O3. The molecule has 3 heterocycles. The van der Waals surface area contributed by atoms with Gasteiger partial charge in [-0.1, -0.05) is 30.3 Å². The Labute approximate surface area is 185 Å². The van der Waals surface area contributed by atoms with Crippen LogP contribution in [0.5, 0.6) is 5.75 Å². The van der Waals surface area contributed by atoms with Gasteiger partial charge in [-0.15, -0.1) is 0 Å². The second-order valence-electron chi connectivity index (χ2n) is 7.49. The van der Waals surface area contributed by atoms with Crippen LogP contribution in [0.4, 0.5) is 0 Å². The zero-order chi connectivity index (χ0) is 22.1. The molecular weight excluding hydrogens is 404 g/mol. The predicted octanol–water partition coefficient (Wildman–Crippen LogP) is 4.01. The number of para-hydroxylation sites is 1. The van der Waals surface area contributed by atoms with Crippen LogP contribution in [0.2, 0.25) is 0 Å². The highest BCUT2D eigenvalue weighted by atomic mass is 16.5. The maximum atomic E-state index is 12.6. The molecule has 0 radical (unpaired) electrons. The van der Waals surface area contributed by atoms with E-state index in [9.17, 15) is 4.79 Å². The molecule has 0 saturated heterocycles. The van der Waals surface area contributed by atoms with Crippen molar-refractivity contribution in [1.82, 2.24) is 19.5 Å². The van der Waals surface area contributed by atoms with E-state index < -0.39 is 5.97 Å². The zero-order valence-corrected chi connectivity index (χ0v) is 17.9. The quantitative estimate of drug-likeness (QED) is 0.395.